The Labute approximate surface area is 282 Å². The van der Waals surface area contributed by atoms with E-state index in [4.69, 9.17) is 14.4 Å². The molecule has 1 atom stereocenters. The molecule has 1 unspecified atom stereocenters. The van der Waals surface area contributed by atoms with E-state index in [9.17, 15) is 0 Å². The lowest BCUT2D eigenvalue weighted by Crippen LogP contribution is -2.33. The van der Waals surface area contributed by atoms with Crippen LogP contribution in [0.5, 0.6) is 0 Å². The van der Waals surface area contributed by atoms with Gasteiger partial charge >= 0.3 is 0 Å². The molecule has 1 N–H and O–H groups in total. The van der Waals surface area contributed by atoms with Crippen molar-refractivity contribution >= 4 is 65.9 Å². The van der Waals surface area contributed by atoms with Gasteiger partial charge in [-0.25, -0.2) is 9.98 Å². The second-order valence-electron chi connectivity index (χ2n) is 12.7. The molecule has 8 aromatic carbocycles. The third-order valence-corrected chi connectivity index (χ3v) is 9.66. The van der Waals surface area contributed by atoms with Crippen molar-refractivity contribution in [1.29, 1.82) is 0 Å². The van der Waals surface area contributed by atoms with Crippen molar-refractivity contribution in [2.45, 2.75) is 6.17 Å². The molecule has 230 valence electrons. The topological polar surface area (TPSA) is 49.9 Å². The van der Waals surface area contributed by atoms with Gasteiger partial charge in [0.05, 0.1) is 0 Å². The fourth-order valence-corrected chi connectivity index (χ4v) is 7.17. The molecule has 0 saturated carbocycles. The summed E-state index contributed by atoms with van der Waals surface area (Å²) in [5.41, 5.74) is 6.84. The molecule has 1 aromatic heterocycles. The van der Waals surface area contributed by atoms with Crippen LogP contribution in [0.25, 0.3) is 65.4 Å². The highest BCUT2D eigenvalue weighted by molar-refractivity contribution is 6.23. The van der Waals surface area contributed by atoms with Crippen LogP contribution in [0.15, 0.2) is 178 Å². The summed E-state index contributed by atoms with van der Waals surface area (Å²) < 4.78 is 6.53. The van der Waals surface area contributed by atoms with E-state index < -0.39 is 0 Å². The van der Waals surface area contributed by atoms with Crippen molar-refractivity contribution in [1.82, 2.24) is 5.32 Å². The van der Waals surface area contributed by atoms with Gasteiger partial charge in [-0.2, -0.15) is 0 Å². The Balaban J connectivity index is 1.22. The van der Waals surface area contributed by atoms with E-state index in [-0.39, 0.29) is 6.17 Å². The van der Waals surface area contributed by atoms with E-state index in [2.05, 4.69) is 157 Å². The van der Waals surface area contributed by atoms with Crippen molar-refractivity contribution in [3.05, 3.63) is 180 Å². The molecule has 1 aliphatic heterocycles. The Kier molecular flexibility index (Phi) is 6.21. The summed E-state index contributed by atoms with van der Waals surface area (Å²) in [6.45, 7) is 0. The van der Waals surface area contributed by atoms with E-state index >= 15 is 0 Å². The summed E-state index contributed by atoms with van der Waals surface area (Å²) in [6, 6.07) is 57.6. The van der Waals surface area contributed by atoms with Crippen LogP contribution in [0.1, 0.15) is 22.9 Å². The number of nitrogens with one attached hydrogen (secondary N) is 1. The lowest BCUT2D eigenvalue weighted by atomic mass is 9.96. The van der Waals surface area contributed by atoms with Crippen molar-refractivity contribution in [2.75, 3.05) is 0 Å². The average Bonchev–Trinajstić information content (AvgIpc) is 3.55. The predicted molar refractivity (Wildman–Crippen MR) is 204 cm³/mol. The third-order valence-electron chi connectivity index (χ3n) is 9.66. The first kappa shape index (κ1) is 27.6. The van der Waals surface area contributed by atoms with Crippen molar-refractivity contribution < 1.29 is 4.42 Å². The van der Waals surface area contributed by atoms with Gasteiger partial charge in [0.1, 0.15) is 23.2 Å². The summed E-state index contributed by atoms with van der Waals surface area (Å²) in [5.74, 6) is 1.45. The van der Waals surface area contributed by atoms with E-state index in [1.807, 2.05) is 12.1 Å². The summed E-state index contributed by atoms with van der Waals surface area (Å²) in [6.07, 6.45) is -0.351. The van der Waals surface area contributed by atoms with Gasteiger partial charge in [0.2, 0.25) is 0 Å². The van der Waals surface area contributed by atoms with Crippen molar-refractivity contribution in [3.8, 4) is 11.1 Å². The number of hydrogen-bond acceptors (Lipinski definition) is 4. The molecule has 0 bridgehead atoms. The Morgan fingerprint density at radius 3 is 1.80 bits per heavy atom. The van der Waals surface area contributed by atoms with Crippen LogP contribution in [0.3, 0.4) is 0 Å². The SMILES string of the molecule is c1ccc2cc(C3=NC(c4cc(-c5ccc6ccccc6c5)cc5oc6ccccc6c45)=NC(c4ccc5ccccc5c4)N3)ccc2c1. The molecule has 0 fully saturated rings. The fraction of sp³-hybridized carbons (Fsp3) is 0.0222. The highest BCUT2D eigenvalue weighted by Gasteiger charge is 2.25. The van der Waals surface area contributed by atoms with E-state index in [1.54, 1.807) is 0 Å². The van der Waals surface area contributed by atoms with Crippen LogP contribution in [-0.2, 0) is 0 Å². The Morgan fingerprint density at radius 1 is 0.469 bits per heavy atom. The molecule has 49 heavy (non-hydrogen) atoms. The molecule has 1 aliphatic rings. The first-order chi connectivity index (χ1) is 24.2. The molecular weight excluding hydrogens is 599 g/mol. The zero-order valence-corrected chi connectivity index (χ0v) is 26.5. The highest BCUT2D eigenvalue weighted by Crippen LogP contribution is 2.38. The van der Waals surface area contributed by atoms with Gasteiger partial charge in [0.25, 0.3) is 0 Å². The largest absolute Gasteiger partial charge is 0.456 e. The summed E-state index contributed by atoms with van der Waals surface area (Å²) in [4.78, 5) is 10.7. The van der Waals surface area contributed by atoms with Crippen molar-refractivity contribution in [3.63, 3.8) is 0 Å². The van der Waals surface area contributed by atoms with Crippen LogP contribution in [0.4, 0.5) is 0 Å². The number of fused-ring (bicyclic) bond motifs is 6. The lowest BCUT2D eigenvalue weighted by molar-refractivity contribution is 0.668. The number of aliphatic imine (C=N–C) groups is 2. The van der Waals surface area contributed by atoms with E-state index in [1.165, 1.54) is 26.9 Å². The van der Waals surface area contributed by atoms with Gasteiger partial charge in [-0.1, -0.05) is 127 Å². The molecule has 0 aliphatic carbocycles. The first-order valence-corrected chi connectivity index (χ1v) is 16.6. The van der Waals surface area contributed by atoms with Gasteiger partial charge < -0.3 is 9.73 Å². The molecule has 4 heteroatoms. The molecule has 4 nitrogen and oxygen atoms in total. The summed E-state index contributed by atoms with van der Waals surface area (Å²) >= 11 is 0. The smallest absolute Gasteiger partial charge is 0.160 e. The van der Waals surface area contributed by atoms with Crippen LogP contribution in [0, 0.1) is 0 Å². The number of benzene rings is 8. The monoisotopic (exact) mass is 627 g/mol. The normalized spacial score (nSPS) is 14.7. The Bertz CT molecular complexity index is 2820. The number of hydrogen-bond donors (Lipinski definition) is 1. The minimum absolute atomic E-state index is 0.351. The molecule has 2 heterocycles. The standard InChI is InChI=1S/C45H29N3O/c1-4-12-31-23-34(20-17-28(31)9-1)37-26-39(42-38-15-7-8-16-40(38)49-41(42)27-37)45-47-43(35-21-18-29-10-2-5-13-32(29)24-35)46-44(48-45)36-22-19-30-11-3-6-14-33(30)25-36/h1-27,43H,(H,46,47,48). The highest BCUT2D eigenvalue weighted by atomic mass is 16.3. The van der Waals surface area contributed by atoms with Gasteiger partial charge in [0, 0.05) is 21.9 Å². The van der Waals surface area contributed by atoms with Gasteiger partial charge in [0.15, 0.2) is 5.84 Å². The van der Waals surface area contributed by atoms with E-state index in [0.717, 1.165) is 61.0 Å². The second kappa shape index (κ2) is 11.0. The summed E-state index contributed by atoms with van der Waals surface area (Å²) in [7, 11) is 0. The van der Waals surface area contributed by atoms with Crippen LogP contribution in [0.2, 0.25) is 0 Å². The minimum atomic E-state index is -0.351. The molecule has 0 spiro atoms. The zero-order valence-electron chi connectivity index (χ0n) is 26.5. The maximum Gasteiger partial charge on any atom is 0.160 e. The number of nitrogens with zero attached hydrogens (tertiary/aromatic N) is 2. The number of para-hydroxylation sites is 1. The maximum absolute atomic E-state index is 6.53. The average molecular weight is 628 g/mol. The Morgan fingerprint density at radius 2 is 1.06 bits per heavy atom. The predicted octanol–water partition coefficient (Wildman–Crippen LogP) is 11.2. The maximum atomic E-state index is 6.53. The number of rotatable bonds is 4. The molecule has 0 amide bonds. The minimum Gasteiger partial charge on any atom is -0.456 e. The van der Waals surface area contributed by atoms with Crippen LogP contribution in [-0.4, -0.2) is 11.7 Å². The van der Waals surface area contributed by atoms with Gasteiger partial charge in [-0.15, -0.1) is 0 Å². The van der Waals surface area contributed by atoms with Crippen LogP contribution >= 0.6 is 0 Å². The molecule has 10 rings (SSSR count). The van der Waals surface area contributed by atoms with Crippen LogP contribution < -0.4 is 5.32 Å². The van der Waals surface area contributed by atoms with Gasteiger partial charge in [-0.05, 0) is 85.4 Å². The fourth-order valence-electron chi connectivity index (χ4n) is 7.17. The van der Waals surface area contributed by atoms with Crippen molar-refractivity contribution in [2.24, 2.45) is 9.98 Å². The molecular formula is C45H29N3O. The third kappa shape index (κ3) is 4.77. The molecule has 9 aromatic rings. The Hall–Kier alpha value is -6.52. The number of furan rings is 1. The van der Waals surface area contributed by atoms with Gasteiger partial charge in [-0.3, -0.25) is 0 Å². The number of amidine groups is 2. The molecule has 0 saturated heterocycles. The van der Waals surface area contributed by atoms with E-state index in [0.29, 0.717) is 5.84 Å². The molecule has 0 radical (unpaired) electrons. The zero-order chi connectivity index (χ0) is 32.3. The lowest BCUT2D eigenvalue weighted by Gasteiger charge is -2.24. The second-order valence-corrected chi connectivity index (χ2v) is 12.7. The first-order valence-electron chi connectivity index (χ1n) is 16.6. The summed E-state index contributed by atoms with van der Waals surface area (Å²) in [5, 5.41) is 12.9. The quantitative estimate of drug-likeness (QED) is 0.211.